The number of aliphatic hydroxyl groups is 2. The molecule has 1 heterocycles. The van der Waals surface area contributed by atoms with E-state index in [2.05, 4.69) is 5.32 Å². The van der Waals surface area contributed by atoms with Crippen molar-refractivity contribution in [2.45, 2.75) is 51.7 Å². The monoisotopic (exact) mass is 318 g/mol. The average molecular weight is 318 g/mol. The topological polar surface area (TPSA) is 136 Å². The molecule has 1 fully saturated rings. The standard InChI is InChI=1S/C13H22N2O7/c1-6(16)14-10-9(18)8(17)7(11(19)20)5-15(10)12(21)22-13(2,3)4/h7-10,17-18H,5H2,1-4H3,(H,14,16)(H,19,20)/t7-,8+,9+,10+/m1/s1. The Hall–Kier alpha value is -1.87. The number of nitrogens with zero attached hydrogens (tertiary/aromatic N) is 1. The Labute approximate surface area is 127 Å². The maximum absolute atomic E-state index is 12.2. The predicted molar refractivity (Wildman–Crippen MR) is 73.7 cm³/mol. The third-order valence-corrected chi connectivity index (χ3v) is 3.11. The van der Waals surface area contributed by atoms with E-state index in [1.165, 1.54) is 6.92 Å². The summed E-state index contributed by atoms with van der Waals surface area (Å²) < 4.78 is 5.15. The highest BCUT2D eigenvalue weighted by Crippen LogP contribution is 2.24. The number of amides is 2. The normalized spacial score (nSPS) is 28.9. The summed E-state index contributed by atoms with van der Waals surface area (Å²) in [7, 11) is 0. The molecule has 0 saturated carbocycles. The molecule has 0 bridgehead atoms. The first kappa shape index (κ1) is 18.2. The molecule has 4 N–H and O–H groups in total. The lowest BCUT2D eigenvalue weighted by atomic mass is 9.90. The second kappa shape index (κ2) is 6.49. The average Bonchev–Trinajstić information content (AvgIpc) is 2.32. The van der Waals surface area contributed by atoms with Gasteiger partial charge in [0.1, 0.15) is 23.8 Å². The minimum absolute atomic E-state index is 0.395. The fourth-order valence-electron chi connectivity index (χ4n) is 2.15. The predicted octanol–water partition coefficient (Wildman–Crippen LogP) is -0.878. The number of nitrogens with one attached hydrogen (secondary N) is 1. The van der Waals surface area contributed by atoms with Gasteiger partial charge in [-0.05, 0) is 20.8 Å². The number of hydrogen-bond acceptors (Lipinski definition) is 6. The molecule has 0 aromatic heterocycles. The van der Waals surface area contributed by atoms with Gasteiger partial charge in [-0.1, -0.05) is 0 Å². The summed E-state index contributed by atoms with van der Waals surface area (Å²) in [5.74, 6) is -3.28. The van der Waals surface area contributed by atoms with Gasteiger partial charge in [0.15, 0.2) is 0 Å². The number of carbonyl (C=O) groups excluding carboxylic acids is 2. The lowest BCUT2D eigenvalue weighted by molar-refractivity contribution is -0.162. The number of carbonyl (C=O) groups is 3. The molecule has 9 heteroatoms. The van der Waals surface area contributed by atoms with Crippen molar-refractivity contribution in [3.63, 3.8) is 0 Å². The Morgan fingerprint density at radius 1 is 1.18 bits per heavy atom. The highest BCUT2D eigenvalue weighted by atomic mass is 16.6. The van der Waals surface area contributed by atoms with Gasteiger partial charge < -0.3 is 25.4 Å². The van der Waals surface area contributed by atoms with Crippen LogP contribution >= 0.6 is 0 Å². The molecule has 22 heavy (non-hydrogen) atoms. The maximum atomic E-state index is 12.2. The van der Waals surface area contributed by atoms with Crippen molar-refractivity contribution in [3.8, 4) is 0 Å². The van der Waals surface area contributed by atoms with E-state index in [0.29, 0.717) is 0 Å². The summed E-state index contributed by atoms with van der Waals surface area (Å²) in [6, 6.07) is 0. The van der Waals surface area contributed by atoms with Gasteiger partial charge in [-0.3, -0.25) is 14.5 Å². The molecule has 0 aliphatic carbocycles. The lowest BCUT2D eigenvalue weighted by Crippen LogP contribution is -2.67. The molecule has 0 radical (unpaired) electrons. The fourth-order valence-corrected chi connectivity index (χ4v) is 2.15. The van der Waals surface area contributed by atoms with Crippen LogP contribution in [0.4, 0.5) is 4.79 Å². The minimum Gasteiger partial charge on any atom is -0.481 e. The van der Waals surface area contributed by atoms with Crippen LogP contribution in [-0.4, -0.2) is 68.7 Å². The summed E-state index contributed by atoms with van der Waals surface area (Å²) in [5, 5.41) is 31.3. The van der Waals surface area contributed by atoms with E-state index in [1.807, 2.05) is 0 Å². The zero-order valence-electron chi connectivity index (χ0n) is 12.9. The van der Waals surface area contributed by atoms with Crippen LogP contribution in [0.2, 0.25) is 0 Å². The molecule has 0 unspecified atom stereocenters. The Morgan fingerprint density at radius 3 is 2.14 bits per heavy atom. The number of aliphatic hydroxyl groups excluding tert-OH is 2. The fraction of sp³-hybridized carbons (Fsp3) is 0.769. The zero-order chi connectivity index (χ0) is 17.2. The van der Waals surface area contributed by atoms with Crippen LogP contribution in [0.25, 0.3) is 0 Å². The minimum atomic E-state index is -1.65. The molecular formula is C13H22N2O7. The molecule has 0 spiro atoms. The third kappa shape index (κ3) is 4.31. The van der Waals surface area contributed by atoms with E-state index in [1.54, 1.807) is 20.8 Å². The Bertz CT molecular complexity index is 460. The maximum Gasteiger partial charge on any atom is 0.412 e. The number of carboxylic acids is 1. The molecule has 9 nitrogen and oxygen atoms in total. The summed E-state index contributed by atoms with van der Waals surface area (Å²) in [4.78, 5) is 35.5. The number of likely N-dealkylation sites (tertiary alicyclic amines) is 1. The van der Waals surface area contributed by atoms with Crippen molar-refractivity contribution in [1.82, 2.24) is 10.2 Å². The Morgan fingerprint density at radius 2 is 1.73 bits per heavy atom. The van der Waals surface area contributed by atoms with Gasteiger partial charge in [0.25, 0.3) is 0 Å². The number of hydrogen-bond donors (Lipinski definition) is 4. The molecule has 0 aromatic rings. The molecule has 1 aliphatic heterocycles. The van der Waals surface area contributed by atoms with E-state index in [-0.39, 0.29) is 0 Å². The van der Waals surface area contributed by atoms with Gasteiger partial charge in [-0.15, -0.1) is 0 Å². The van der Waals surface area contributed by atoms with E-state index in [0.717, 1.165) is 4.90 Å². The van der Waals surface area contributed by atoms with Crippen LogP contribution in [-0.2, 0) is 14.3 Å². The van der Waals surface area contributed by atoms with Crippen LogP contribution in [0.3, 0.4) is 0 Å². The molecular weight excluding hydrogens is 296 g/mol. The van der Waals surface area contributed by atoms with Crippen LogP contribution in [0, 0.1) is 5.92 Å². The first-order valence-corrected chi connectivity index (χ1v) is 6.79. The first-order chi connectivity index (χ1) is 9.94. The van der Waals surface area contributed by atoms with Crippen molar-refractivity contribution < 1.29 is 34.4 Å². The van der Waals surface area contributed by atoms with E-state index >= 15 is 0 Å². The lowest BCUT2D eigenvalue weighted by Gasteiger charge is -2.44. The molecule has 1 aliphatic rings. The molecule has 2 amide bonds. The van der Waals surface area contributed by atoms with Crippen LogP contribution in [0.15, 0.2) is 0 Å². The van der Waals surface area contributed by atoms with E-state index in [4.69, 9.17) is 9.84 Å². The zero-order valence-corrected chi connectivity index (χ0v) is 12.9. The van der Waals surface area contributed by atoms with Crippen molar-refractivity contribution in [2.75, 3.05) is 6.54 Å². The van der Waals surface area contributed by atoms with Crippen molar-refractivity contribution >= 4 is 18.0 Å². The van der Waals surface area contributed by atoms with E-state index < -0.39 is 54.4 Å². The summed E-state index contributed by atoms with van der Waals surface area (Å²) in [6.45, 7) is 5.66. The summed E-state index contributed by atoms with van der Waals surface area (Å²) in [6.07, 6.45) is -5.42. The summed E-state index contributed by atoms with van der Waals surface area (Å²) >= 11 is 0. The molecule has 1 saturated heterocycles. The van der Waals surface area contributed by atoms with Crippen molar-refractivity contribution in [1.29, 1.82) is 0 Å². The molecule has 1 rings (SSSR count). The highest BCUT2D eigenvalue weighted by Gasteiger charge is 2.48. The number of ether oxygens (including phenoxy) is 1. The van der Waals surface area contributed by atoms with Crippen LogP contribution < -0.4 is 5.32 Å². The Kier molecular flexibility index (Phi) is 5.36. The van der Waals surface area contributed by atoms with Crippen LogP contribution in [0.1, 0.15) is 27.7 Å². The van der Waals surface area contributed by atoms with Gasteiger partial charge in [-0.2, -0.15) is 0 Å². The van der Waals surface area contributed by atoms with Crippen molar-refractivity contribution in [2.24, 2.45) is 5.92 Å². The highest BCUT2D eigenvalue weighted by molar-refractivity contribution is 5.77. The SMILES string of the molecule is CC(=O)N[C@@H]1[C@@H](O)[C@@H](O)[C@H](C(=O)O)CN1C(=O)OC(C)(C)C. The van der Waals surface area contributed by atoms with Gasteiger partial charge in [0, 0.05) is 13.5 Å². The third-order valence-electron chi connectivity index (χ3n) is 3.11. The van der Waals surface area contributed by atoms with Gasteiger partial charge in [0.2, 0.25) is 5.91 Å². The van der Waals surface area contributed by atoms with Crippen molar-refractivity contribution in [3.05, 3.63) is 0 Å². The second-order valence-electron chi connectivity index (χ2n) is 6.20. The van der Waals surface area contributed by atoms with Crippen LogP contribution in [0.5, 0.6) is 0 Å². The Balaban J connectivity index is 3.07. The summed E-state index contributed by atoms with van der Waals surface area (Å²) in [5.41, 5.74) is -0.836. The van der Waals surface area contributed by atoms with E-state index in [9.17, 15) is 24.6 Å². The number of piperidine rings is 1. The first-order valence-electron chi connectivity index (χ1n) is 6.79. The number of aliphatic carboxylic acids is 1. The molecule has 126 valence electrons. The number of carboxylic acid groups (broad SMARTS) is 1. The molecule has 0 aromatic carbocycles. The molecule has 4 atom stereocenters. The van der Waals surface area contributed by atoms with Gasteiger partial charge >= 0.3 is 12.1 Å². The largest absolute Gasteiger partial charge is 0.481 e. The second-order valence-corrected chi connectivity index (χ2v) is 6.20. The van der Waals surface area contributed by atoms with Gasteiger partial charge in [-0.25, -0.2) is 4.79 Å². The van der Waals surface area contributed by atoms with Gasteiger partial charge in [0.05, 0.1) is 6.10 Å². The quantitative estimate of drug-likeness (QED) is 0.519. The number of rotatable bonds is 2. The smallest absolute Gasteiger partial charge is 0.412 e.